The second kappa shape index (κ2) is 5.83. The molecule has 3 heterocycles. The molecular formula is C18H17NO3S. The topological polar surface area (TPSA) is 49.8 Å². The monoisotopic (exact) mass is 327 g/mol. The Labute approximate surface area is 138 Å². The van der Waals surface area contributed by atoms with Crippen LogP contribution in [-0.2, 0) is 6.54 Å². The molecule has 1 fully saturated rings. The first-order valence-electron chi connectivity index (χ1n) is 7.77. The fourth-order valence-electron chi connectivity index (χ4n) is 3.12. The number of allylic oxidation sites excluding steroid dienone is 1. The van der Waals surface area contributed by atoms with Gasteiger partial charge in [-0.3, -0.25) is 9.69 Å². The number of hydrogen-bond donors (Lipinski definition) is 1. The molecule has 1 N–H and O–H groups in total. The maximum atomic E-state index is 12.5. The first-order chi connectivity index (χ1) is 11.2. The quantitative estimate of drug-likeness (QED) is 0.874. The number of benzene rings is 1. The van der Waals surface area contributed by atoms with Crippen LogP contribution in [0.3, 0.4) is 0 Å². The van der Waals surface area contributed by atoms with Gasteiger partial charge < -0.3 is 9.84 Å². The van der Waals surface area contributed by atoms with Gasteiger partial charge in [-0.1, -0.05) is 6.07 Å². The smallest absolute Gasteiger partial charge is 0.232 e. The normalized spacial score (nSPS) is 19.3. The summed E-state index contributed by atoms with van der Waals surface area (Å²) >= 11 is 1.56. The van der Waals surface area contributed by atoms with E-state index in [0.717, 1.165) is 18.0 Å². The number of carbonyl (C=O) groups is 1. The molecule has 4 nitrogen and oxygen atoms in total. The molecule has 1 aromatic carbocycles. The molecule has 2 aromatic rings. The van der Waals surface area contributed by atoms with Crippen LogP contribution < -0.4 is 4.74 Å². The Morgan fingerprint density at radius 1 is 1.26 bits per heavy atom. The number of carbonyl (C=O) groups excluding carboxylic acids is 1. The summed E-state index contributed by atoms with van der Waals surface area (Å²) in [4.78, 5) is 15.8. The van der Waals surface area contributed by atoms with Crippen molar-refractivity contribution < 1.29 is 14.6 Å². The number of phenols is 1. The van der Waals surface area contributed by atoms with Crippen molar-refractivity contribution in [1.29, 1.82) is 0 Å². The van der Waals surface area contributed by atoms with Gasteiger partial charge in [0.1, 0.15) is 11.5 Å². The average molecular weight is 327 g/mol. The number of nitrogens with zero attached hydrogens (tertiary/aromatic N) is 1. The van der Waals surface area contributed by atoms with Crippen LogP contribution in [0.5, 0.6) is 11.5 Å². The summed E-state index contributed by atoms with van der Waals surface area (Å²) in [6, 6.07) is 7.13. The standard InChI is InChI=1S/C18H17NO3S/c20-15-6-5-13-17(21)16(10-12-4-3-9-23-12)22-18(13)14(15)11-19-7-1-2-8-19/h3-6,9-10,20H,1-2,7-8,11H2/b16-10+. The number of phenolic OH excluding ortho intramolecular Hbond substituents is 1. The van der Waals surface area contributed by atoms with Gasteiger partial charge in [0.05, 0.1) is 11.1 Å². The summed E-state index contributed by atoms with van der Waals surface area (Å²) in [6.07, 6.45) is 4.13. The summed E-state index contributed by atoms with van der Waals surface area (Å²) in [5.74, 6) is 0.928. The van der Waals surface area contributed by atoms with Gasteiger partial charge in [-0.25, -0.2) is 0 Å². The number of aromatic hydroxyl groups is 1. The van der Waals surface area contributed by atoms with Crippen LogP contribution >= 0.6 is 11.3 Å². The zero-order chi connectivity index (χ0) is 15.8. The van der Waals surface area contributed by atoms with E-state index in [9.17, 15) is 9.90 Å². The number of ketones is 1. The van der Waals surface area contributed by atoms with Crippen LogP contribution in [-0.4, -0.2) is 28.9 Å². The van der Waals surface area contributed by atoms with Crippen molar-refractivity contribution in [2.75, 3.05) is 13.1 Å². The SMILES string of the molecule is O=C1/C(=C\c2cccs2)Oc2c1ccc(O)c2CN1CCCC1. The van der Waals surface area contributed by atoms with Crippen molar-refractivity contribution in [2.24, 2.45) is 0 Å². The maximum absolute atomic E-state index is 12.5. The van der Waals surface area contributed by atoms with Gasteiger partial charge in [0, 0.05) is 17.5 Å². The Kier molecular flexibility index (Phi) is 3.67. The highest BCUT2D eigenvalue weighted by atomic mass is 32.1. The lowest BCUT2D eigenvalue weighted by Gasteiger charge is -2.17. The number of Topliss-reactive ketones (excluding diaryl/α,β-unsaturated/α-hetero) is 1. The Morgan fingerprint density at radius 3 is 2.83 bits per heavy atom. The minimum absolute atomic E-state index is 0.115. The van der Waals surface area contributed by atoms with Gasteiger partial charge in [0.2, 0.25) is 5.78 Å². The van der Waals surface area contributed by atoms with E-state index < -0.39 is 0 Å². The lowest BCUT2D eigenvalue weighted by Crippen LogP contribution is -2.18. The highest BCUT2D eigenvalue weighted by molar-refractivity contribution is 7.10. The highest BCUT2D eigenvalue weighted by Gasteiger charge is 2.32. The largest absolute Gasteiger partial charge is 0.507 e. The summed E-state index contributed by atoms with van der Waals surface area (Å²) in [6.45, 7) is 2.67. The average Bonchev–Trinajstić information content (AvgIpc) is 3.27. The van der Waals surface area contributed by atoms with Gasteiger partial charge in [-0.2, -0.15) is 0 Å². The molecule has 0 amide bonds. The third-order valence-corrected chi connectivity index (χ3v) is 5.13. The second-order valence-corrected chi connectivity index (χ2v) is 6.86. The fraction of sp³-hybridized carbons (Fsp3) is 0.278. The van der Waals surface area contributed by atoms with E-state index in [4.69, 9.17) is 4.74 Å². The van der Waals surface area contributed by atoms with Crippen molar-refractivity contribution in [3.05, 3.63) is 51.4 Å². The van der Waals surface area contributed by atoms with E-state index in [1.54, 1.807) is 29.5 Å². The number of thiophene rings is 1. The van der Waals surface area contributed by atoms with Crippen molar-refractivity contribution in [1.82, 2.24) is 4.90 Å². The molecule has 2 aliphatic rings. The molecule has 0 spiro atoms. The molecular weight excluding hydrogens is 310 g/mol. The van der Waals surface area contributed by atoms with Crippen LogP contribution in [0.25, 0.3) is 6.08 Å². The molecule has 23 heavy (non-hydrogen) atoms. The Bertz CT molecular complexity index is 774. The van der Waals surface area contributed by atoms with Gasteiger partial charge in [-0.05, 0) is 49.5 Å². The molecule has 0 aliphatic carbocycles. The zero-order valence-corrected chi connectivity index (χ0v) is 13.4. The van der Waals surface area contributed by atoms with Crippen LogP contribution in [0.2, 0.25) is 0 Å². The Hall–Kier alpha value is -2.11. The third-order valence-electron chi connectivity index (χ3n) is 4.31. The van der Waals surface area contributed by atoms with Crippen LogP contribution in [0.1, 0.15) is 33.6 Å². The molecule has 5 heteroatoms. The van der Waals surface area contributed by atoms with Gasteiger partial charge in [0.25, 0.3) is 0 Å². The van der Waals surface area contributed by atoms with Crippen molar-refractivity contribution in [3.63, 3.8) is 0 Å². The van der Waals surface area contributed by atoms with E-state index in [0.29, 0.717) is 29.2 Å². The molecule has 0 saturated carbocycles. The lowest BCUT2D eigenvalue weighted by atomic mass is 10.0. The Balaban J connectivity index is 1.69. The van der Waals surface area contributed by atoms with E-state index >= 15 is 0 Å². The number of likely N-dealkylation sites (tertiary alicyclic amines) is 1. The first-order valence-corrected chi connectivity index (χ1v) is 8.65. The number of hydrogen-bond acceptors (Lipinski definition) is 5. The molecule has 118 valence electrons. The minimum Gasteiger partial charge on any atom is -0.507 e. The van der Waals surface area contributed by atoms with E-state index in [1.807, 2.05) is 17.5 Å². The van der Waals surface area contributed by atoms with Crippen molar-refractivity contribution in [3.8, 4) is 11.5 Å². The second-order valence-electron chi connectivity index (χ2n) is 5.88. The van der Waals surface area contributed by atoms with E-state index in [2.05, 4.69) is 4.90 Å². The Morgan fingerprint density at radius 2 is 2.09 bits per heavy atom. The molecule has 0 bridgehead atoms. The highest BCUT2D eigenvalue weighted by Crippen LogP contribution is 2.40. The lowest BCUT2D eigenvalue weighted by molar-refractivity contribution is 0.101. The predicted octanol–water partition coefficient (Wildman–Crippen LogP) is 3.67. The van der Waals surface area contributed by atoms with Crippen LogP contribution in [0, 0.1) is 0 Å². The zero-order valence-electron chi connectivity index (χ0n) is 12.6. The third kappa shape index (κ3) is 2.66. The molecule has 0 atom stereocenters. The summed E-state index contributed by atoms with van der Waals surface area (Å²) < 4.78 is 5.85. The fourth-order valence-corrected chi connectivity index (χ4v) is 3.76. The summed E-state index contributed by atoms with van der Waals surface area (Å²) in [7, 11) is 0. The van der Waals surface area contributed by atoms with Gasteiger partial charge in [0.15, 0.2) is 5.76 Å². The number of ether oxygens (including phenoxy) is 1. The number of rotatable bonds is 3. The van der Waals surface area contributed by atoms with Crippen LogP contribution in [0.15, 0.2) is 35.4 Å². The van der Waals surface area contributed by atoms with E-state index in [1.165, 1.54) is 12.8 Å². The molecule has 1 saturated heterocycles. The van der Waals surface area contributed by atoms with E-state index in [-0.39, 0.29) is 11.5 Å². The van der Waals surface area contributed by atoms with Gasteiger partial charge >= 0.3 is 0 Å². The summed E-state index contributed by atoms with van der Waals surface area (Å²) in [5.41, 5.74) is 1.26. The molecule has 0 radical (unpaired) electrons. The van der Waals surface area contributed by atoms with Gasteiger partial charge in [-0.15, -0.1) is 11.3 Å². The van der Waals surface area contributed by atoms with Crippen molar-refractivity contribution >= 4 is 23.2 Å². The summed E-state index contributed by atoms with van der Waals surface area (Å²) in [5, 5.41) is 12.2. The molecule has 4 rings (SSSR count). The molecule has 0 unspecified atom stereocenters. The number of fused-ring (bicyclic) bond motifs is 1. The minimum atomic E-state index is -0.115. The maximum Gasteiger partial charge on any atom is 0.232 e. The predicted molar refractivity (Wildman–Crippen MR) is 89.9 cm³/mol. The molecule has 1 aromatic heterocycles. The van der Waals surface area contributed by atoms with Crippen molar-refractivity contribution in [2.45, 2.75) is 19.4 Å². The first kappa shape index (κ1) is 14.5. The van der Waals surface area contributed by atoms with Crippen LogP contribution in [0.4, 0.5) is 0 Å². The molecule has 2 aliphatic heterocycles.